The van der Waals surface area contributed by atoms with E-state index in [1.54, 1.807) is 14.2 Å². The second kappa shape index (κ2) is 12.8. The fourth-order valence-corrected chi connectivity index (χ4v) is 3.77. The Balaban J connectivity index is 0.00000341. The molecule has 2 aromatic rings. The molecule has 2 N–H and O–H groups in total. The number of carbonyl (C=O) groups excluding carboxylic acids is 1. The number of carbonyl (C=O) groups is 1. The van der Waals surface area contributed by atoms with E-state index in [2.05, 4.69) is 27.8 Å². The van der Waals surface area contributed by atoms with E-state index in [-0.39, 0.29) is 29.9 Å². The van der Waals surface area contributed by atoms with Crippen LogP contribution in [0.3, 0.4) is 0 Å². The van der Waals surface area contributed by atoms with Crippen LogP contribution in [0.15, 0.2) is 47.5 Å². The summed E-state index contributed by atoms with van der Waals surface area (Å²) >= 11 is 6.28. The van der Waals surface area contributed by atoms with Gasteiger partial charge in [0.15, 0.2) is 5.96 Å². The number of amides is 1. The molecule has 0 spiro atoms. The Morgan fingerprint density at radius 3 is 2.42 bits per heavy atom. The van der Waals surface area contributed by atoms with Gasteiger partial charge in [0.1, 0.15) is 5.75 Å². The lowest BCUT2D eigenvalue weighted by Gasteiger charge is -2.16. The van der Waals surface area contributed by atoms with E-state index >= 15 is 0 Å². The number of nitrogens with one attached hydrogen (secondary N) is 2. The molecule has 0 unspecified atom stereocenters. The average Bonchev–Trinajstić information content (AvgIpc) is 3.20. The van der Waals surface area contributed by atoms with Crippen LogP contribution in [-0.4, -0.2) is 44.0 Å². The standard InChI is InChI=1S/C23H29ClN4O2.HI/c1-25-23(27-13-11-17-9-10-20(30-2)14-21(17)24)26-12-5-8-22(29)28-15-18-6-3-4-7-19(18)16-28;/h3-4,6-7,9-10,14H,5,8,11-13,15-16H2,1-2H3,(H2,25,26,27);1H. The first-order chi connectivity index (χ1) is 14.6. The van der Waals surface area contributed by atoms with Crippen molar-refractivity contribution in [3.05, 3.63) is 64.2 Å². The van der Waals surface area contributed by atoms with Crippen LogP contribution >= 0.6 is 35.6 Å². The Labute approximate surface area is 206 Å². The zero-order valence-electron chi connectivity index (χ0n) is 18.0. The van der Waals surface area contributed by atoms with Gasteiger partial charge in [-0.05, 0) is 41.7 Å². The third-order valence-corrected chi connectivity index (χ3v) is 5.58. The second-order valence-corrected chi connectivity index (χ2v) is 7.66. The minimum absolute atomic E-state index is 0. The molecular formula is C23H30ClIN4O2. The van der Waals surface area contributed by atoms with Gasteiger partial charge in [0, 0.05) is 44.7 Å². The van der Waals surface area contributed by atoms with Crippen LogP contribution in [0.4, 0.5) is 0 Å². The van der Waals surface area contributed by atoms with Crippen LogP contribution in [0.25, 0.3) is 0 Å². The predicted octanol–water partition coefficient (Wildman–Crippen LogP) is 4.00. The molecular weight excluding hydrogens is 527 g/mol. The molecule has 0 fully saturated rings. The number of ether oxygens (including phenoxy) is 1. The quantitative estimate of drug-likeness (QED) is 0.223. The molecule has 0 bridgehead atoms. The Morgan fingerprint density at radius 1 is 1.13 bits per heavy atom. The normalized spacial score (nSPS) is 12.7. The highest BCUT2D eigenvalue weighted by Gasteiger charge is 2.22. The van der Waals surface area contributed by atoms with E-state index in [9.17, 15) is 4.79 Å². The largest absolute Gasteiger partial charge is 0.497 e. The molecule has 3 rings (SSSR count). The third kappa shape index (κ3) is 7.28. The number of benzene rings is 2. The lowest BCUT2D eigenvalue weighted by atomic mass is 10.1. The Hall–Kier alpha value is -2.00. The van der Waals surface area contributed by atoms with Crippen LogP contribution < -0.4 is 15.4 Å². The molecule has 1 heterocycles. The minimum Gasteiger partial charge on any atom is -0.497 e. The molecule has 0 radical (unpaired) electrons. The fraction of sp³-hybridized carbons (Fsp3) is 0.391. The summed E-state index contributed by atoms with van der Waals surface area (Å²) < 4.78 is 5.17. The number of rotatable bonds is 8. The van der Waals surface area contributed by atoms with Crippen molar-refractivity contribution in [3.63, 3.8) is 0 Å². The Kier molecular flexibility index (Phi) is 10.4. The highest BCUT2D eigenvalue weighted by Crippen LogP contribution is 2.23. The van der Waals surface area contributed by atoms with Gasteiger partial charge in [-0.3, -0.25) is 9.79 Å². The van der Waals surface area contributed by atoms with Crippen molar-refractivity contribution in [2.75, 3.05) is 27.2 Å². The molecule has 0 aliphatic carbocycles. The summed E-state index contributed by atoms with van der Waals surface area (Å²) in [4.78, 5) is 18.6. The number of halogens is 2. The van der Waals surface area contributed by atoms with Gasteiger partial charge in [0.05, 0.1) is 7.11 Å². The van der Waals surface area contributed by atoms with Crippen molar-refractivity contribution in [3.8, 4) is 5.75 Å². The summed E-state index contributed by atoms with van der Waals surface area (Å²) in [5.74, 6) is 1.67. The molecule has 168 valence electrons. The van der Waals surface area contributed by atoms with Crippen molar-refractivity contribution in [1.29, 1.82) is 0 Å². The lowest BCUT2D eigenvalue weighted by Crippen LogP contribution is -2.39. The molecule has 0 saturated carbocycles. The zero-order valence-corrected chi connectivity index (χ0v) is 21.1. The average molecular weight is 557 g/mol. The fourth-order valence-electron chi connectivity index (χ4n) is 3.51. The van der Waals surface area contributed by atoms with Gasteiger partial charge < -0.3 is 20.3 Å². The molecule has 1 amide bonds. The lowest BCUT2D eigenvalue weighted by molar-refractivity contribution is -0.131. The number of methoxy groups -OCH3 is 1. The van der Waals surface area contributed by atoms with Crippen LogP contribution in [0.2, 0.25) is 5.02 Å². The summed E-state index contributed by atoms with van der Waals surface area (Å²) in [7, 11) is 3.36. The molecule has 1 aliphatic heterocycles. The Bertz CT molecular complexity index is 882. The summed E-state index contributed by atoms with van der Waals surface area (Å²) in [6.45, 7) is 2.84. The molecule has 0 aromatic heterocycles. The number of hydrogen-bond acceptors (Lipinski definition) is 3. The summed E-state index contributed by atoms with van der Waals surface area (Å²) in [5, 5.41) is 7.25. The Morgan fingerprint density at radius 2 is 1.81 bits per heavy atom. The van der Waals surface area contributed by atoms with Gasteiger partial charge in [-0.1, -0.05) is 41.9 Å². The molecule has 2 aromatic carbocycles. The number of aliphatic imine (C=N–C) groups is 1. The first kappa shape index (κ1) is 25.3. The van der Waals surface area contributed by atoms with Crippen molar-refractivity contribution in [1.82, 2.24) is 15.5 Å². The van der Waals surface area contributed by atoms with Gasteiger partial charge >= 0.3 is 0 Å². The summed E-state index contributed by atoms with van der Waals surface area (Å²) in [6, 6.07) is 13.9. The molecule has 0 atom stereocenters. The van der Waals surface area contributed by atoms with Crippen molar-refractivity contribution in [2.24, 2.45) is 4.99 Å². The van der Waals surface area contributed by atoms with Crippen molar-refractivity contribution in [2.45, 2.75) is 32.4 Å². The molecule has 6 nitrogen and oxygen atoms in total. The summed E-state index contributed by atoms with van der Waals surface area (Å²) in [5.41, 5.74) is 3.56. The van der Waals surface area contributed by atoms with Crippen molar-refractivity contribution >= 4 is 47.4 Å². The number of guanidine groups is 1. The van der Waals surface area contributed by atoms with Crippen LogP contribution in [-0.2, 0) is 24.3 Å². The molecule has 0 saturated heterocycles. The van der Waals surface area contributed by atoms with Crippen LogP contribution in [0.5, 0.6) is 5.75 Å². The number of fused-ring (bicyclic) bond motifs is 1. The smallest absolute Gasteiger partial charge is 0.223 e. The molecule has 31 heavy (non-hydrogen) atoms. The van der Waals surface area contributed by atoms with Crippen LogP contribution in [0.1, 0.15) is 29.5 Å². The summed E-state index contributed by atoms with van der Waals surface area (Å²) in [6.07, 6.45) is 2.06. The number of nitrogens with zero attached hydrogens (tertiary/aromatic N) is 2. The SMILES string of the molecule is CN=C(NCCCC(=O)N1Cc2ccccc2C1)NCCc1ccc(OC)cc1Cl.I. The first-order valence-corrected chi connectivity index (χ1v) is 10.6. The van der Waals surface area contributed by atoms with Gasteiger partial charge in [0.2, 0.25) is 5.91 Å². The minimum atomic E-state index is 0. The van der Waals surface area contributed by atoms with E-state index in [4.69, 9.17) is 16.3 Å². The maximum Gasteiger partial charge on any atom is 0.223 e. The third-order valence-electron chi connectivity index (χ3n) is 5.22. The maximum atomic E-state index is 12.5. The monoisotopic (exact) mass is 556 g/mol. The van der Waals surface area contributed by atoms with Gasteiger partial charge in [-0.2, -0.15) is 0 Å². The van der Waals surface area contributed by atoms with E-state index in [0.29, 0.717) is 24.5 Å². The van der Waals surface area contributed by atoms with Gasteiger partial charge in [-0.25, -0.2) is 0 Å². The van der Waals surface area contributed by atoms with Crippen LogP contribution in [0, 0.1) is 0 Å². The van der Waals surface area contributed by atoms with E-state index < -0.39 is 0 Å². The number of hydrogen-bond donors (Lipinski definition) is 2. The van der Waals surface area contributed by atoms with E-state index in [1.807, 2.05) is 35.2 Å². The highest BCUT2D eigenvalue weighted by molar-refractivity contribution is 14.0. The maximum absolute atomic E-state index is 12.5. The highest BCUT2D eigenvalue weighted by atomic mass is 127. The van der Waals surface area contributed by atoms with Gasteiger partial charge in [-0.15, -0.1) is 24.0 Å². The molecule has 8 heteroatoms. The zero-order chi connectivity index (χ0) is 21.3. The van der Waals surface area contributed by atoms with Crippen molar-refractivity contribution < 1.29 is 9.53 Å². The van der Waals surface area contributed by atoms with E-state index in [0.717, 1.165) is 43.2 Å². The predicted molar refractivity (Wildman–Crippen MR) is 136 cm³/mol. The second-order valence-electron chi connectivity index (χ2n) is 7.26. The first-order valence-electron chi connectivity index (χ1n) is 10.2. The van der Waals surface area contributed by atoms with Gasteiger partial charge in [0.25, 0.3) is 0 Å². The molecule has 1 aliphatic rings. The topological polar surface area (TPSA) is 66.0 Å². The van der Waals surface area contributed by atoms with E-state index in [1.165, 1.54) is 11.1 Å².